The molecular weight excluding hydrogens is 213 g/mol. The van der Waals surface area contributed by atoms with Crippen LogP contribution in [0.25, 0.3) is 0 Å². The van der Waals surface area contributed by atoms with E-state index in [4.69, 9.17) is 5.11 Å². The fraction of sp³-hybridized carbons (Fsp3) is 0.222. The topological polar surface area (TPSA) is 46.5 Å². The number of aliphatic carboxylic acids is 1. The molecule has 0 aromatic heterocycles. The Morgan fingerprint density at radius 1 is 1.47 bits per heavy atom. The van der Waals surface area contributed by atoms with Crippen molar-refractivity contribution >= 4 is 5.97 Å². The minimum Gasteiger partial charge on any atom is -0.474 e. The summed E-state index contributed by atoms with van der Waals surface area (Å²) in [5.41, 5.74) is 0.0934. The fourth-order valence-electron chi connectivity index (χ4n) is 0.909. The van der Waals surface area contributed by atoms with Crippen molar-refractivity contribution in [2.24, 2.45) is 0 Å². The smallest absolute Gasteiger partial charge is 0.474 e. The molecule has 6 heteroatoms. The summed E-state index contributed by atoms with van der Waals surface area (Å²) in [5.74, 6) is -3.38. The van der Waals surface area contributed by atoms with Crippen molar-refractivity contribution < 1.29 is 27.8 Å². The van der Waals surface area contributed by atoms with Gasteiger partial charge >= 0.3 is 12.1 Å². The Labute approximate surface area is 83.1 Å². The maximum Gasteiger partial charge on any atom is 0.501 e. The van der Waals surface area contributed by atoms with E-state index in [9.17, 15) is 18.0 Å². The molecule has 0 unspecified atom stereocenters. The van der Waals surface area contributed by atoms with Crippen LogP contribution < -0.4 is 4.74 Å². The van der Waals surface area contributed by atoms with Gasteiger partial charge in [-0.05, 0) is 30.7 Å². The highest BCUT2D eigenvalue weighted by atomic mass is 19.3. The average molecular weight is 220 g/mol. The van der Waals surface area contributed by atoms with Crippen LogP contribution in [-0.2, 0) is 4.79 Å². The Balaban J connectivity index is 2.95. The number of ether oxygens (including phenoxy) is 1. The number of alkyl halides is 2. The second-order valence-electron chi connectivity index (χ2n) is 2.83. The number of benzene rings is 1. The van der Waals surface area contributed by atoms with E-state index in [2.05, 4.69) is 4.74 Å². The van der Waals surface area contributed by atoms with E-state index in [0.29, 0.717) is 0 Å². The first kappa shape index (κ1) is 11.4. The summed E-state index contributed by atoms with van der Waals surface area (Å²) in [6, 6.07) is 2.81. The van der Waals surface area contributed by atoms with Crippen molar-refractivity contribution in [1.82, 2.24) is 0 Å². The van der Waals surface area contributed by atoms with Crippen molar-refractivity contribution in [3.05, 3.63) is 29.6 Å². The molecule has 0 saturated heterocycles. The van der Waals surface area contributed by atoms with E-state index in [1.54, 1.807) is 0 Å². The predicted octanol–water partition coefficient (Wildman–Crippen LogP) is 2.19. The van der Waals surface area contributed by atoms with Crippen LogP contribution in [0.15, 0.2) is 18.2 Å². The number of hydrogen-bond acceptors (Lipinski definition) is 2. The van der Waals surface area contributed by atoms with Gasteiger partial charge in [0.15, 0.2) is 0 Å². The molecule has 15 heavy (non-hydrogen) atoms. The molecule has 1 rings (SSSR count). The zero-order chi connectivity index (χ0) is 11.6. The Kier molecular flexibility index (Phi) is 2.88. The van der Waals surface area contributed by atoms with Gasteiger partial charge in [0, 0.05) is 0 Å². The molecule has 0 aliphatic carbocycles. The Bertz CT molecular complexity index is 390. The minimum atomic E-state index is -4.32. The number of halogens is 3. The zero-order valence-corrected chi connectivity index (χ0v) is 7.63. The Hall–Kier alpha value is -1.72. The highest BCUT2D eigenvalue weighted by Gasteiger charge is 2.42. The molecule has 1 N–H and O–H groups in total. The maximum absolute atomic E-state index is 12.6. The average Bonchev–Trinajstić information content (AvgIpc) is 2.09. The largest absolute Gasteiger partial charge is 0.501 e. The van der Waals surface area contributed by atoms with Crippen LogP contribution in [0.2, 0.25) is 0 Å². The molecular formula is C9H7F3O3. The lowest BCUT2D eigenvalue weighted by molar-refractivity contribution is -0.211. The van der Waals surface area contributed by atoms with Gasteiger partial charge < -0.3 is 9.84 Å². The van der Waals surface area contributed by atoms with E-state index in [1.165, 1.54) is 6.92 Å². The molecule has 0 aliphatic heterocycles. The van der Waals surface area contributed by atoms with E-state index in [1.807, 2.05) is 0 Å². The van der Waals surface area contributed by atoms with Crippen LogP contribution >= 0.6 is 0 Å². The van der Waals surface area contributed by atoms with E-state index in [0.717, 1.165) is 18.2 Å². The first-order chi connectivity index (χ1) is 6.83. The summed E-state index contributed by atoms with van der Waals surface area (Å²) >= 11 is 0. The van der Waals surface area contributed by atoms with Crippen molar-refractivity contribution in [2.45, 2.75) is 13.0 Å². The van der Waals surface area contributed by atoms with Crippen LogP contribution in [0.4, 0.5) is 13.2 Å². The molecule has 0 amide bonds. The SMILES string of the molecule is Cc1cc(F)ccc1OC(F)(F)C(=O)O. The van der Waals surface area contributed by atoms with E-state index in [-0.39, 0.29) is 11.3 Å². The number of carbonyl (C=O) groups is 1. The number of aryl methyl sites for hydroxylation is 1. The lowest BCUT2D eigenvalue weighted by Gasteiger charge is -2.14. The molecule has 0 bridgehead atoms. The quantitative estimate of drug-likeness (QED) is 0.849. The number of rotatable bonds is 3. The number of carboxylic acids is 1. The molecule has 0 radical (unpaired) electrons. The molecule has 1 aromatic carbocycles. The normalized spacial score (nSPS) is 11.2. The number of hydrogen-bond donors (Lipinski definition) is 1. The Morgan fingerprint density at radius 3 is 2.53 bits per heavy atom. The van der Waals surface area contributed by atoms with Crippen LogP contribution in [0.1, 0.15) is 5.56 Å². The van der Waals surface area contributed by atoms with Gasteiger partial charge in [-0.15, -0.1) is 0 Å². The lowest BCUT2D eigenvalue weighted by atomic mass is 10.2. The van der Waals surface area contributed by atoms with Crippen molar-refractivity contribution in [2.75, 3.05) is 0 Å². The predicted molar refractivity (Wildman–Crippen MR) is 44.3 cm³/mol. The minimum absolute atomic E-state index is 0.0934. The summed E-state index contributed by atoms with van der Waals surface area (Å²) in [6.07, 6.45) is -4.32. The van der Waals surface area contributed by atoms with Crippen LogP contribution in [-0.4, -0.2) is 17.2 Å². The standard InChI is InChI=1S/C9H7F3O3/c1-5-4-6(10)2-3-7(5)15-9(11,12)8(13)14/h2-4H,1H3,(H,13,14). The Morgan fingerprint density at radius 2 is 2.07 bits per heavy atom. The highest BCUT2D eigenvalue weighted by Crippen LogP contribution is 2.25. The van der Waals surface area contributed by atoms with Crippen LogP contribution in [0, 0.1) is 12.7 Å². The summed E-state index contributed by atoms with van der Waals surface area (Å²) < 4.78 is 41.7. The van der Waals surface area contributed by atoms with Crippen molar-refractivity contribution in [1.29, 1.82) is 0 Å². The molecule has 82 valence electrons. The maximum atomic E-state index is 12.6. The molecule has 0 heterocycles. The van der Waals surface area contributed by atoms with Crippen LogP contribution in [0.5, 0.6) is 5.75 Å². The van der Waals surface area contributed by atoms with Gasteiger partial charge in [0.05, 0.1) is 0 Å². The van der Waals surface area contributed by atoms with Crippen molar-refractivity contribution in [3.8, 4) is 5.75 Å². The number of carboxylic acid groups (broad SMARTS) is 1. The molecule has 0 saturated carbocycles. The molecule has 0 fully saturated rings. The lowest BCUT2D eigenvalue weighted by Crippen LogP contribution is -2.35. The van der Waals surface area contributed by atoms with Gasteiger partial charge in [-0.25, -0.2) is 9.18 Å². The van der Waals surface area contributed by atoms with Gasteiger partial charge in [0.1, 0.15) is 11.6 Å². The van der Waals surface area contributed by atoms with Gasteiger partial charge in [-0.1, -0.05) is 0 Å². The van der Waals surface area contributed by atoms with Gasteiger partial charge in [0.2, 0.25) is 0 Å². The van der Waals surface area contributed by atoms with E-state index < -0.39 is 17.9 Å². The molecule has 1 aromatic rings. The van der Waals surface area contributed by atoms with E-state index >= 15 is 0 Å². The van der Waals surface area contributed by atoms with Crippen molar-refractivity contribution in [3.63, 3.8) is 0 Å². The zero-order valence-electron chi connectivity index (χ0n) is 7.63. The summed E-state index contributed by atoms with van der Waals surface area (Å²) in [6.45, 7) is 1.33. The van der Waals surface area contributed by atoms with Gasteiger partial charge in [0.25, 0.3) is 0 Å². The molecule has 0 spiro atoms. The fourth-order valence-corrected chi connectivity index (χ4v) is 0.909. The second-order valence-corrected chi connectivity index (χ2v) is 2.83. The summed E-state index contributed by atoms with van der Waals surface area (Å²) in [7, 11) is 0. The molecule has 0 aliphatic rings. The third kappa shape index (κ3) is 2.61. The van der Waals surface area contributed by atoms with Gasteiger partial charge in [-0.2, -0.15) is 8.78 Å². The third-order valence-electron chi connectivity index (χ3n) is 1.62. The van der Waals surface area contributed by atoms with Crippen LogP contribution in [0.3, 0.4) is 0 Å². The van der Waals surface area contributed by atoms with Gasteiger partial charge in [-0.3, -0.25) is 0 Å². The monoisotopic (exact) mass is 220 g/mol. The summed E-state index contributed by atoms with van der Waals surface area (Å²) in [5, 5.41) is 8.10. The third-order valence-corrected chi connectivity index (χ3v) is 1.62. The summed E-state index contributed by atoms with van der Waals surface area (Å²) in [4.78, 5) is 10.1. The molecule has 0 atom stereocenters. The second kappa shape index (κ2) is 3.80. The first-order valence-electron chi connectivity index (χ1n) is 3.89. The first-order valence-corrected chi connectivity index (χ1v) is 3.89. The molecule has 3 nitrogen and oxygen atoms in total. The highest BCUT2D eigenvalue weighted by molar-refractivity contribution is 5.74.